The van der Waals surface area contributed by atoms with E-state index in [9.17, 15) is 0 Å². The largest absolute Gasteiger partial charge is 0.465 e. The van der Waals surface area contributed by atoms with Crippen LogP contribution in [0.3, 0.4) is 0 Å². The van der Waals surface area contributed by atoms with Gasteiger partial charge in [-0.1, -0.05) is 29.9 Å². The lowest BCUT2D eigenvalue weighted by Gasteiger charge is -2.04. The molecule has 0 saturated carbocycles. The van der Waals surface area contributed by atoms with Gasteiger partial charge in [-0.15, -0.1) is 0 Å². The molecule has 0 radical (unpaired) electrons. The Balaban J connectivity index is 1.95. The summed E-state index contributed by atoms with van der Waals surface area (Å²) in [5.41, 5.74) is 2.22. The zero-order chi connectivity index (χ0) is 12.1. The maximum Gasteiger partial charge on any atom is 0.126 e. The molecule has 0 spiro atoms. The van der Waals surface area contributed by atoms with Crippen molar-refractivity contribution >= 4 is 29.0 Å². The summed E-state index contributed by atoms with van der Waals surface area (Å²) < 4.78 is 5.18. The summed E-state index contributed by atoms with van der Waals surface area (Å²) in [7, 11) is 0. The van der Waals surface area contributed by atoms with Gasteiger partial charge in [0, 0.05) is 5.69 Å². The molecule has 0 aliphatic carbocycles. The second kappa shape index (κ2) is 5.46. The summed E-state index contributed by atoms with van der Waals surface area (Å²) in [6.45, 7) is 2.05. The van der Waals surface area contributed by atoms with Crippen molar-refractivity contribution in [2.75, 3.05) is 5.32 Å². The van der Waals surface area contributed by atoms with Crippen LogP contribution >= 0.6 is 12.2 Å². The summed E-state index contributed by atoms with van der Waals surface area (Å²) in [4.78, 5) is 0.658. The Morgan fingerprint density at radius 1 is 1.24 bits per heavy atom. The smallest absolute Gasteiger partial charge is 0.126 e. The van der Waals surface area contributed by atoms with E-state index < -0.39 is 0 Å². The number of hydrogen-bond acceptors (Lipinski definition) is 2. The van der Waals surface area contributed by atoms with Gasteiger partial charge >= 0.3 is 0 Å². The summed E-state index contributed by atoms with van der Waals surface area (Å²) in [6.07, 6.45) is 5.29. The fourth-order valence-electron chi connectivity index (χ4n) is 1.36. The van der Waals surface area contributed by atoms with Gasteiger partial charge < -0.3 is 9.73 Å². The van der Waals surface area contributed by atoms with E-state index in [0.717, 1.165) is 11.4 Å². The molecule has 0 fully saturated rings. The molecule has 0 atom stereocenters. The van der Waals surface area contributed by atoms with Crippen LogP contribution in [0, 0.1) is 6.92 Å². The lowest BCUT2D eigenvalue weighted by Crippen LogP contribution is -2.04. The van der Waals surface area contributed by atoms with E-state index in [1.54, 1.807) is 6.26 Å². The van der Waals surface area contributed by atoms with Crippen LogP contribution in [0.5, 0.6) is 0 Å². The summed E-state index contributed by atoms with van der Waals surface area (Å²) >= 11 is 5.20. The van der Waals surface area contributed by atoms with Gasteiger partial charge in [0.1, 0.15) is 10.7 Å². The second-order valence-corrected chi connectivity index (χ2v) is 4.14. The third-order valence-corrected chi connectivity index (χ3v) is 2.50. The van der Waals surface area contributed by atoms with Gasteiger partial charge in [0.2, 0.25) is 0 Å². The first-order valence-corrected chi connectivity index (χ1v) is 5.74. The molecule has 1 heterocycles. The van der Waals surface area contributed by atoms with Gasteiger partial charge in [0.25, 0.3) is 0 Å². The van der Waals surface area contributed by atoms with Crippen LogP contribution < -0.4 is 5.32 Å². The highest BCUT2D eigenvalue weighted by atomic mass is 32.1. The quantitative estimate of drug-likeness (QED) is 0.650. The maximum absolute atomic E-state index is 5.20. The van der Waals surface area contributed by atoms with Crippen LogP contribution in [0.1, 0.15) is 11.3 Å². The van der Waals surface area contributed by atoms with Crippen molar-refractivity contribution in [1.82, 2.24) is 0 Å². The normalized spacial score (nSPS) is 10.6. The molecule has 0 saturated heterocycles. The van der Waals surface area contributed by atoms with E-state index in [2.05, 4.69) is 12.2 Å². The number of nitrogens with one attached hydrogen (secondary N) is 1. The number of aryl methyl sites for hydroxylation is 1. The van der Waals surface area contributed by atoms with Crippen molar-refractivity contribution in [3.05, 3.63) is 60.1 Å². The summed E-state index contributed by atoms with van der Waals surface area (Å²) in [5.74, 6) is 0.790. The molecule has 1 aromatic heterocycles. The van der Waals surface area contributed by atoms with E-state index >= 15 is 0 Å². The van der Waals surface area contributed by atoms with Crippen molar-refractivity contribution in [2.24, 2.45) is 0 Å². The lowest BCUT2D eigenvalue weighted by molar-refractivity contribution is 0.557. The third kappa shape index (κ3) is 3.57. The predicted octanol–water partition coefficient (Wildman–Crippen LogP) is 4.04. The molecular weight excluding hydrogens is 230 g/mol. The van der Waals surface area contributed by atoms with Crippen LogP contribution in [-0.4, -0.2) is 4.99 Å². The minimum atomic E-state index is 0.658. The molecule has 1 aromatic carbocycles. The van der Waals surface area contributed by atoms with Gasteiger partial charge in [-0.2, -0.15) is 0 Å². The molecule has 0 aliphatic rings. The van der Waals surface area contributed by atoms with Gasteiger partial charge in [0.05, 0.1) is 6.26 Å². The Kier molecular flexibility index (Phi) is 3.73. The minimum Gasteiger partial charge on any atom is -0.465 e. The Morgan fingerprint density at radius 3 is 2.65 bits per heavy atom. The first-order valence-electron chi connectivity index (χ1n) is 5.33. The number of furan rings is 1. The van der Waals surface area contributed by atoms with E-state index in [1.165, 1.54) is 5.56 Å². The fraction of sp³-hybridized carbons (Fsp3) is 0.0714. The standard InChI is InChI=1S/C14H13NOS/c1-11-4-6-12(7-5-11)15-14(17)9-8-13-3-2-10-16-13/h2-10H,1H3,(H,15,17)/b9-8+. The topological polar surface area (TPSA) is 25.2 Å². The molecule has 3 heteroatoms. The zero-order valence-corrected chi connectivity index (χ0v) is 10.3. The maximum atomic E-state index is 5.20. The Hall–Kier alpha value is -1.87. The summed E-state index contributed by atoms with van der Waals surface area (Å²) in [5, 5.41) is 3.13. The Labute approximate surface area is 106 Å². The molecule has 1 N–H and O–H groups in total. The molecule has 2 nitrogen and oxygen atoms in total. The molecular formula is C14H13NOS. The van der Waals surface area contributed by atoms with E-state index in [-0.39, 0.29) is 0 Å². The first-order chi connectivity index (χ1) is 8.24. The van der Waals surface area contributed by atoms with E-state index in [1.807, 2.05) is 48.6 Å². The van der Waals surface area contributed by atoms with Crippen LogP contribution in [-0.2, 0) is 0 Å². The molecule has 0 unspecified atom stereocenters. The molecule has 0 amide bonds. The SMILES string of the molecule is Cc1ccc(NC(=S)/C=C/c2ccco2)cc1. The highest BCUT2D eigenvalue weighted by molar-refractivity contribution is 7.81. The predicted molar refractivity (Wildman–Crippen MR) is 75.1 cm³/mol. The minimum absolute atomic E-state index is 0.658. The number of anilines is 1. The zero-order valence-electron chi connectivity index (χ0n) is 9.51. The molecule has 0 aliphatic heterocycles. The average Bonchev–Trinajstić information content (AvgIpc) is 2.83. The van der Waals surface area contributed by atoms with Crippen molar-refractivity contribution in [2.45, 2.75) is 6.92 Å². The molecule has 17 heavy (non-hydrogen) atoms. The monoisotopic (exact) mass is 243 g/mol. The average molecular weight is 243 g/mol. The fourth-order valence-corrected chi connectivity index (χ4v) is 1.55. The van der Waals surface area contributed by atoms with E-state index in [0.29, 0.717) is 4.99 Å². The van der Waals surface area contributed by atoms with Crippen molar-refractivity contribution in [3.63, 3.8) is 0 Å². The van der Waals surface area contributed by atoms with Gasteiger partial charge in [-0.25, -0.2) is 0 Å². The number of rotatable bonds is 3. The highest BCUT2D eigenvalue weighted by Crippen LogP contribution is 2.09. The highest BCUT2D eigenvalue weighted by Gasteiger charge is 1.94. The van der Waals surface area contributed by atoms with Gasteiger partial charge in [-0.05, 0) is 43.3 Å². The van der Waals surface area contributed by atoms with Crippen LogP contribution in [0.4, 0.5) is 5.69 Å². The van der Waals surface area contributed by atoms with Gasteiger partial charge in [0.15, 0.2) is 0 Å². The van der Waals surface area contributed by atoms with Crippen molar-refractivity contribution in [1.29, 1.82) is 0 Å². The Bertz CT molecular complexity index is 512. The molecule has 0 bridgehead atoms. The molecule has 86 valence electrons. The van der Waals surface area contributed by atoms with Gasteiger partial charge in [-0.3, -0.25) is 0 Å². The van der Waals surface area contributed by atoms with E-state index in [4.69, 9.17) is 16.6 Å². The number of benzene rings is 1. The molecule has 2 aromatic rings. The molecule has 2 rings (SSSR count). The number of hydrogen-bond donors (Lipinski definition) is 1. The van der Waals surface area contributed by atoms with Crippen LogP contribution in [0.25, 0.3) is 6.08 Å². The third-order valence-electron chi connectivity index (χ3n) is 2.26. The summed E-state index contributed by atoms with van der Waals surface area (Å²) in [6, 6.07) is 11.8. The lowest BCUT2D eigenvalue weighted by atomic mass is 10.2. The van der Waals surface area contributed by atoms with Crippen molar-refractivity contribution in [3.8, 4) is 0 Å². The second-order valence-electron chi connectivity index (χ2n) is 3.70. The Morgan fingerprint density at radius 2 is 2.00 bits per heavy atom. The first kappa shape index (κ1) is 11.6. The van der Waals surface area contributed by atoms with Crippen LogP contribution in [0.2, 0.25) is 0 Å². The van der Waals surface area contributed by atoms with Crippen LogP contribution in [0.15, 0.2) is 53.2 Å². The number of thiocarbonyl (C=S) groups is 1. The van der Waals surface area contributed by atoms with Crippen molar-refractivity contribution < 1.29 is 4.42 Å².